The zero-order chi connectivity index (χ0) is 21.8. The van der Waals surface area contributed by atoms with E-state index < -0.39 is 0 Å². The molecule has 2 saturated heterocycles. The van der Waals surface area contributed by atoms with Gasteiger partial charge in [0.05, 0.1) is 18.7 Å². The van der Waals surface area contributed by atoms with Crippen molar-refractivity contribution in [1.82, 2.24) is 10.2 Å². The van der Waals surface area contributed by atoms with Gasteiger partial charge in [-0.05, 0) is 43.0 Å². The number of likely N-dealkylation sites (tertiary alicyclic amines) is 1. The molecule has 1 atom stereocenters. The number of methoxy groups -OCH3 is 1. The van der Waals surface area contributed by atoms with Gasteiger partial charge in [0.15, 0.2) is 0 Å². The minimum absolute atomic E-state index is 0.0102. The van der Waals surface area contributed by atoms with Gasteiger partial charge in [0.1, 0.15) is 5.75 Å². The highest BCUT2D eigenvalue weighted by molar-refractivity contribution is 6.01. The van der Waals surface area contributed by atoms with Crippen LogP contribution in [0, 0.1) is 12.8 Å². The average Bonchev–Trinajstić information content (AvgIpc) is 3.17. The van der Waals surface area contributed by atoms with Gasteiger partial charge in [0.2, 0.25) is 11.8 Å². The van der Waals surface area contributed by atoms with Crippen molar-refractivity contribution in [1.29, 1.82) is 0 Å². The Kier molecular flexibility index (Phi) is 6.56. The lowest BCUT2D eigenvalue weighted by Crippen LogP contribution is -2.46. The molecule has 6 heteroatoms. The number of amides is 2. The van der Waals surface area contributed by atoms with Gasteiger partial charge in [-0.1, -0.05) is 36.4 Å². The first kappa shape index (κ1) is 21.4. The quantitative estimate of drug-likeness (QED) is 0.779. The second kappa shape index (κ2) is 9.52. The Bertz CT molecular complexity index is 923. The molecule has 2 amide bonds. The van der Waals surface area contributed by atoms with E-state index in [1.807, 2.05) is 31.2 Å². The molecule has 31 heavy (non-hydrogen) atoms. The molecular weight excluding hydrogens is 390 g/mol. The highest BCUT2D eigenvalue weighted by atomic mass is 16.5. The van der Waals surface area contributed by atoms with E-state index >= 15 is 0 Å². The van der Waals surface area contributed by atoms with Crippen LogP contribution in [0.2, 0.25) is 0 Å². The van der Waals surface area contributed by atoms with Crippen molar-refractivity contribution in [3.8, 4) is 5.75 Å². The van der Waals surface area contributed by atoms with Crippen molar-refractivity contribution in [2.45, 2.75) is 38.8 Å². The van der Waals surface area contributed by atoms with Crippen molar-refractivity contribution in [3.63, 3.8) is 0 Å². The van der Waals surface area contributed by atoms with Gasteiger partial charge in [-0.3, -0.25) is 14.5 Å². The predicted molar refractivity (Wildman–Crippen MR) is 121 cm³/mol. The van der Waals surface area contributed by atoms with E-state index in [-0.39, 0.29) is 30.2 Å². The number of ether oxygens (including phenoxy) is 1. The molecule has 2 aliphatic heterocycles. The number of nitrogens with zero attached hydrogens (tertiary/aromatic N) is 2. The summed E-state index contributed by atoms with van der Waals surface area (Å²) in [5, 5.41) is 3.20. The van der Waals surface area contributed by atoms with Crippen LogP contribution in [0.3, 0.4) is 0 Å². The van der Waals surface area contributed by atoms with Crippen molar-refractivity contribution in [2.24, 2.45) is 5.92 Å². The van der Waals surface area contributed by atoms with Gasteiger partial charge in [-0.2, -0.15) is 0 Å². The van der Waals surface area contributed by atoms with Gasteiger partial charge < -0.3 is 15.0 Å². The Balaban J connectivity index is 1.30. The number of hydrogen-bond donors (Lipinski definition) is 1. The van der Waals surface area contributed by atoms with Crippen molar-refractivity contribution < 1.29 is 14.3 Å². The average molecular weight is 422 g/mol. The number of carbonyl (C=O) groups excluding carboxylic acids is 2. The lowest BCUT2D eigenvalue weighted by molar-refractivity contribution is -0.127. The van der Waals surface area contributed by atoms with E-state index in [1.165, 1.54) is 5.56 Å². The molecule has 4 rings (SSSR count). The Hall–Kier alpha value is -2.86. The summed E-state index contributed by atoms with van der Waals surface area (Å²) in [5.74, 6) is 0.302. The minimum atomic E-state index is -0.319. The molecule has 2 aliphatic rings. The number of aryl methyl sites for hydroxylation is 1. The molecule has 164 valence electrons. The van der Waals surface area contributed by atoms with Gasteiger partial charge in [-0.25, -0.2) is 0 Å². The zero-order valence-electron chi connectivity index (χ0n) is 18.3. The SMILES string of the molecule is COc1ccc(C)cc1N1CC(C(=O)NC2CCN(Cc3ccccc3)CC2)CC1=O. The topological polar surface area (TPSA) is 61.9 Å². The van der Waals surface area contributed by atoms with Crippen LogP contribution in [-0.2, 0) is 16.1 Å². The van der Waals surface area contributed by atoms with Crippen LogP contribution in [0.1, 0.15) is 30.4 Å². The number of rotatable bonds is 6. The first-order valence-electron chi connectivity index (χ1n) is 11.0. The highest BCUT2D eigenvalue weighted by Crippen LogP contribution is 2.34. The maximum Gasteiger partial charge on any atom is 0.227 e. The molecule has 1 unspecified atom stereocenters. The molecule has 0 aromatic heterocycles. The first-order chi connectivity index (χ1) is 15.0. The summed E-state index contributed by atoms with van der Waals surface area (Å²) in [6.07, 6.45) is 2.12. The van der Waals surface area contributed by atoms with E-state index in [4.69, 9.17) is 4.74 Å². The maximum absolute atomic E-state index is 12.9. The summed E-state index contributed by atoms with van der Waals surface area (Å²) in [7, 11) is 1.60. The molecule has 6 nitrogen and oxygen atoms in total. The molecule has 2 aromatic rings. The number of hydrogen-bond acceptors (Lipinski definition) is 4. The third-order valence-corrected chi connectivity index (χ3v) is 6.30. The molecular formula is C25H31N3O3. The normalized spacial score (nSPS) is 20.1. The second-order valence-electron chi connectivity index (χ2n) is 8.63. The second-order valence-corrected chi connectivity index (χ2v) is 8.63. The Labute approximate surface area is 184 Å². The van der Waals surface area contributed by atoms with Crippen molar-refractivity contribution in [3.05, 3.63) is 59.7 Å². The summed E-state index contributed by atoms with van der Waals surface area (Å²) < 4.78 is 5.43. The van der Waals surface area contributed by atoms with E-state index in [1.54, 1.807) is 12.0 Å². The standard InChI is InChI=1S/C25H31N3O3/c1-18-8-9-23(31-2)22(14-18)28-17-20(15-24(28)29)25(30)26-21-10-12-27(13-11-21)16-19-6-4-3-5-7-19/h3-9,14,20-21H,10-13,15-17H2,1-2H3,(H,26,30). The van der Waals surface area contributed by atoms with E-state index in [0.717, 1.165) is 43.7 Å². The Morgan fingerprint density at radius 2 is 1.87 bits per heavy atom. The Morgan fingerprint density at radius 1 is 1.13 bits per heavy atom. The summed E-state index contributed by atoms with van der Waals surface area (Å²) in [4.78, 5) is 29.7. The fourth-order valence-corrected chi connectivity index (χ4v) is 4.52. The summed E-state index contributed by atoms with van der Waals surface area (Å²) in [6.45, 7) is 5.27. The number of carbonyl (C=O) groups is 2. The summed E-state index contributed by atoms with van der Waals surface area (Å²) in [5.41, 5.74) is 3.12. The third kappa shape index (κ3) is 5.07. The number of benzene rings is 2. The molecule has 0 saturated carbocycles. The zero-order valence-corrected chi connectivity index (χ0v) is 18.3. The van der Waals surface area contributed by atoms with Crippen molar-refractivity contribution >= 4 is 17.5 Å². The molecule has 1 N–H and O–H groups in total. The van der Waals surface area contributed by atoms with Crippen LogP contribution in [0.25, 0.3) is 0 Å². The Morgan fingerprint density at radius 3 is 2.58 bits per heavy atom. The smallest absolute Gasteiger partial charge is 0.227 e. The molecule has 0 spiro atoms. The summed E-state index contributed by atoms with van der Waals surface area (Å²) >= 11 is 0. The summed E-state index contributed by atoms with van der Waals surface area (Å²) in [6, 6.07) is 16.4. The largest absolute Gasteiger partial charge is 0.495 e. The maximum atomic E-state index is 12.9. The van der Waals surface area contributed by atoms with Crippen LogP contribution in [0.4, 0.5) is 5.69 Å². The molecule has 0 bridgehead atoms. The number of nitrogens with one attached hydrogen (secondary N) is 1. The van der Waals surface area contributed by atoms with Gasteiger partial charge in [0.25, 0.3) is 0 Å². The molecule has 0 aliphatic carbocycles. The van der Waals surface area contributed by atoms with Gasteiger partial charge in [0, 0.05) is 38.6 Å². The van der Waals surface area contributed by atoms with Gasteiger partial charge in [-0.15, -0.1) is 0 Å². The van der Waals surface area contributed by atoms with Crippen LogP contribution >= 0.6 is 0 Å². The fraction of sp³-hybridized carbons (Fsp3) is 0.440. The van der Waals surface area contributed by atoms with Crippen molar-refractivity contribution in [2.75, 3.05) is 31.6 Å². The van der Waals surface area contributed by atoms with E-state index in [0.29, 0.717) is 12.3 Å². The molecule has 2 aromatic carbocycles. The molecule has 2 heterocycles. The lowest BCUT2D eigenvalue weighted by Gasteiger charge is -2.32. The first-order valence-corrected chi connectivity index (χ1v) is 11.0. The third-order valence-electron chi connectivity index (χ3n) is 6.30. The van der Waals surface area contributed by atoms with Crippen LogP contribution in [0.15, 0.2) is 48.5 Å². The van der Waals surface area contributed by atoms with Crippen LogP contribution in [-0.4, -0.2) is 49.5 Å². The monoisotopic (exact) mass is 421 g/mol. The lowest BCUT2D eigenvalue weighted by atomic mass is 10.0. The molecule has 0 radical (unpaired) electrons. The predicted octanol–water partition coefficient (Wildman–Crippen LogP) is 3.14. The molecule has 2 fully saturated rings. The minimum Gasteiger partial charge on any atom is -0.495 e. The fourth-order valence-electron chi connectivity index (χ4n) is 4.52. The van der Waals surface area contributed by atoms with Crippen LogP contribution in [0.5, 0.6) is 5.75 Å². The number of anilines is 1. The number of piperidine rings is 1. The van der Waals surface area contributed by atoms with E-state index in [2.05, 4.69) is 34.5 Å². The van der Waals surface area contributed by atoms with Gasteiger partial charge >= 0.3 is 0 Å². The van der Waals surface area contributed by atoms with E-state index in [9.17, 15) is 9.59 Å². The van der Waals surface area contributed by atoms with Crippen LogP contribution < -0.4 is 15.0 Å². The highest BCUT2D eigenvalue weighted by Gasteiger charge is 2.37.